The van der Waals surface area contributed by atoms with Gasteiger partial charge in [-0.25, -0.2) is 0 Å². The van der Waals surface area contributed by atoms with E-state index in [0.29, 0.717) is 12.8 Å². The minimum Gasteiger partial charge on any atom is -0.449 e. The number of rotatable bonds is 2. The van der Waals surface area contributed by atoms with Crippen LogP contribution in [0.25, 0.3) is 0 Å². The molecular weight excluding hydrogens is 152 g/mol. The van der Waals surface area contributed by atoms with Crippen LogP contribution in [0.15, 0.2) is 12.2 Å². The maximum Gasteiger partial charge on any atom is 0.478 e. The molecule has 0 aliphatic heterocycles. The van der Waals surface area contributed by atoms with Gasteiger partial charge in [0.1, 0.15) is 0 Å². The average Bonchev–Trinajstić information content (AvgIpc) is 1.85. The second-order valence-electron chi connectivity index (χ2n) is 3.10. The van der Waals surface area contributed by atoms with Gasteiger partial charge < -0.3 is 12.9 Å². The summed E-state index contributed by atoms with van der Waals surface area (Å²) in [6.45, 7) is -4.56. The maximum absolute atomic E-state index is 11.9. The molecule has 0 heterocycles. The lowest BCUT2D eigenvalue weighted by Gasteiger charge is -2.23. The molecule has 11 heavy (non-hydrogen) atoms. The van der Waals surface area contributed by atoms with Gasteiger partial charge in [-0.3, -0.25) is 0 Å². The van der Waals surface area contributed by atoms with Crippen LogP contribution in [0.4, 0.5) is 12.9 Å². The first kappa shape index (κ1) is 8.69. The monoisotopic (exact) mass is 163 g/mol. The van der Waals surface area contributed by atoms with Gasteiger partial charge in [0.15, 0.2) is 0 Å². The Morgan fingerprint density at radius 3 is 2.45 bits per heavy atom. The molecule has 0 spiro atoms. The number of hydrogen-bond acceptors (Lipinski definition) is 0. The molecule has 64 valence electrons. The first-order valence-electron chi connectivity index (χ1n) is 3.94. The Hall–Kier alpha value is -0.405. The van der Waals surface area contributed by atoms with E-state index in [9.17, 15) is 12.9 Å². The summed E-state index contributed by atoms with van der Waals surface area (Å²) in [4.78, 5) is 0. The molecule has 0 amide bonds. The Bertz CT molecular complexity index is 150. The van der Waals surface area contributed by atoms with E-state index < -0.39 is 13.3 Å². The minimum absolute atomic E-state index is 0.139. The highest BCUT2D eigenvalue weighted by atomic mass is 19.4. The van der Waals surface area contributed by atoms with Crippen molar-refractivity contribution in [3.63, 3.8) is 0 Å². The molecule has 0 bridgehead atoms. The van der Waals surface area contributed by atoms with Gasteiger partial charge in [-0.15, -0.1) is 0 Å². The molecule has 1 rings (SSSR count). The lowest BCUT2D eigenvalue weighted by Crippen LogP contribution is -2.20. The van der Waals surface area contributed by atoms with E-state index in [1.807, 2.05) is 12.2 Å². The van der Waals surface area contributed by atoms with Gasteiger partial charge in [0, 0.05) is 0 Å². The second-order valence-corrected chi connectivity index (χ2v) is 3.10. The van der Waals surface area contributed by atoms with Crippen molar-refractivity contribution < 1.29 is 12.9 Å². The van der Waals surface area contributed by atoms with Crippen LogP contribution < -0.4 is 0 Å². The molecule has 0 aromatic heterocycles. The van der Waals surface area contributed by atoms with Crippen molar-refractivity contribution in [2.45, 2.75) is 25.6 Å². The van der Waals surface area contributed by atoms with Gasteiger partial charge in [-0.1, -0.05) is 24.4 Å². The van der Waals surface area contributed by atoms with Crippen molar-refractivity contribution in [1.82, 2.24) is 0 Å². The zero-order chi connectivity index (χ0) is 8.32. The quantitative estimate of drug-likeness (QED) is 0.433. The van der Waals surface area contributed by atoms with E-state index in [-0.39, 0.29) is 5.92 Å². The van der Waals surface area contributed by atoms with Crippen molar-refractivity contribution in [2.24, 2.45) is 5.92 Å². The maximum atomic E-state index is 11.9. The van der Waals surface area contributed by atoms with Crippen LogP contribution in [0.3, 0.4) is 0 Å². The fourth-order valence-electron chi connectivity index (χ4n) is 1.45. The summed E-state index contributed by atoms with van der Waals surface area (Å²) in [5.41, 5.74) is 0. The Labute approximate surface area is 64.5 Å². The number of halogens is 3. The third-order valence-electron chi connectivity index (χ3n) is 1.98. The standard InChI is InChI=1S/C7H11BF3/c9-8(10,11)6-7-4-2-1-3-5-7/h1-2,7H,3-6H2/q-1. The molecule has 0 nitrogen and oxygen atoms in total. The second kappa shape index (κ2) is 3.33. The van der Waals surface area contributed by atoms with E-state index >= 15 is 0 Å². The Balaban J connectivity index is 2.32. The highest BCUT2D eigenvalue weighted by Gasteiger charge is 2.27. The van der Waals surface area contributed by atoms with Crippen molar-refractivity contribution in [1.29, 1.82) is 0 Å². The van der Waals surface area contributed by atoms with Crippen LogP contribution in [-0.2, 0) is 0 Å². The third-order valence-corrected chi connectivity index (χ3v) is 1.98. The van der Waals surface area contributed by atoms with E-state index in [1.54, 1.807) is 0 Å². The van der Waals surface area contributed by atoms with Gasteiger partial charge in [-0.2, -0.15) is 0 Å². The van der Waals surface area contributed by atoms with Gasteiger partial charge in [0.05, 0.1) is 0 Å². The van der Waals surface area contributed by atoms with Gasteiger partial charge >= 0.3 is 6.98 Å². The highest BCUT2D eigenvalue weighted by Crippen LogP contribution is 2.29. The molecule has 0 radical (unpaired) electrons. The molecule has 0 aromatic carbocycles. The van der Waals surface area contributed by atoms with Crippen LogP contribution >= 0.6 is 0 Å². The summed E-state index contributed by atoms with van der Waals surface area (Å²) in [5, 5.41) is 0. The fraction of sp³-hybridized carbons (Fsp3) is 0.714. The lowest BCUT2D eigenvalue weighted by atomic mass is 9.74. The van der Waals surface area contributed by atoms with Gasteiger partial charge in [0.2, 0.25) is 0 Å². The summed E-state index contributed by atoms with van der Waals surface area (Å²) < 4.78 is 35.6. The molecular formula is C7H11BF3-. The fourth-order valence-corrected chi connectivity index (χ4v) is 1.45. The molecule has 1 atom stereocenters. The molecule has 0 N–H and O–H groups in total. The first-order chi connectivity index (χ1) is 5.08. The SMILES string of the molecule is F[B-](F)(F)CC1CC=CCC1. The lowest BCUT2D eigenvalue weighted by molar-refractivity contribution is 0.413. The van der Waals surface area contributed by atoms with E-state index in [0.717, 1.165) is 6.42 Å². The molecule has 0 saturated heterocycles. The highest BCUT2D eigenvalue weighted by molar-refractivity contribution is 6.58. The van der Waals surface area contributed by atoms with Crippen LogP contribution in [-0.4, -0.2) is 6.98 Å². The third kappa shape index (κ3) is 3.49. The van der Waals surface area contributed by atoms with Crippen molar-refractivity contribution in [3.05, 3.63) is 12.2 Å². The number of allylic oxidation sites excluding steroid dienone is 2. The Kier molecular flexibility index (Phi) is 2.63. The molecule has 1 unspecified atom stereocenters. The van der Waals surface area contributed by atoms with Crippen LogP contribution in [0.5, 0.6) is 0 Å². The smallest absolute Gasteiger partial charge is 0.449 e. The summed E-state index contributed by atoms with van der Waals surface area (Å²) in [5.74, 6) is -0.139. The van der Waals surface area contributed by atoms with Crippen LogP contribution in [0, 0.1) is 5.92 Å². The Morgan fingerprint density at radius 2 is 2.00 bits per heavy atom. The van der Waals surface area contributed by atoms with Gasteiger partial charge in [-0.05, 0) is 19.3 Å². The van der Waals surface area contributed by atoms with E-state index in [1.165, 1.54) is 0 Å². The average molecular weight is 163 g/mol. The van der Waals surface area contributed by atoms with Gasteiger partial charge in [0.25, 0.3) is 0 Å². The molecule has 0 fully saturated rings. The summed E-state index contributed by atoms with van der Waals surface area (Å²) >= 11 is 0. The predicted octanol–water partition coefficient (Wildman–Crippen LogP) is 3.19. The first-order valence-corrected chi connectivity index (χ1v) is 3.94. The number of hydrogen-bond donors (Lipinski definition) is 0. The minimum atomic E-state index is -4.56. The summed E-state index contributed by atoms with van der Waals surface area (Å²) in [7, 11) is 0. The van der Waals surface area contributed by atoms with Crippen molar-refractivity contribution in [3.8, 4) is 0 Å². The summed E-state index contributed by atoms with van der Waals surface area (Å²) in [6.07, 6.45) is 5.40. The van der Waals surface area contributed by atoms with Crippen LogP contribution in [0.2, 0.25) is 6.32 Å². The molecule has 0 saturated carbocycles. The van der Waals surface area contributed by atoms with Crippen molar-refractivity contribution in [2.75, 3.05) is 0 Å². The molecule has 1 aliphatic rings. The zero-order valence-electron chi connectivity index (χ0n) is 6.27. The van der Waals surface area contributed by atoms with Crippen LogP contribution in [0.1, 0.15) is 19.3 Å². The zero-order valence-corrected chi connectivity index (χ0v) is 6.27. The normalized spacial score (nSPS) is 25.5. The topological polar surface area (TPSA) is 0 Å². The molecule has 4 heteroatoms. The van der Waals surface area contributed by atoms with E-state index in [4.69, 9.17) is 0 Å². The Morgan fingerprint density at radius 1 is 1.27 bits per heavy atom. The molecule has 1 aliphatic carbocycles. The molecule has 0 aromatic rings. The van der Waals surface area contributed by atoms with E-state index in [2.05, 4.69) is 0 Å². The summed E-state index contributed by atoms with van der Waals surface area (Å²) in [6, 6.07) is 0. The largest absolute Gasteiger partial charge is 0.478 e. The van der Waals surface area contributed by atoms with Crippen molar-refractivity contribution >= 4 is 6.98 Å². The predicted molar refractivity (Wildman–Crippen MR) is 40.4 cm³/mol.